The number of carbonyl (C=O) groups excluding carboxylic acids is 2. The predicted molar refractivity (Wildman–Crippen MR) is 115 cm³/mol. The first-order valence-corrected chi connectivity index (χ1v) is 12.0. The molecule has 5 rings (SSSR count). The van der Waals surface area contributed by atoms with Crippen LogP contribution in [0.5, 0.6) is 5.75 Å². The average Bonchev–Trinajstić information content (AvgIpc) is 3.28. The molecule has 2 heterocycles. The van der Waals surface area contributed by atoms with Gasteiger partial charge in [-0.1, -0.05) is 31.4 Å². The standard InChI is InChI=1S/C25H34N2O3/c28-23-10-6-9-17-18-13-16-26(22(18)12-11-19(17)23)14-4-1-5-15-27-24(29)20-7-2-3-8-21(20)25(27)30/h6,9-10,18,20-22,28H,1-5,7-8,11-16H2. The van der Waals surface area contributed by atoms with E-state index in [9.17, 15) is 14.7 Å². The van der Waals surface area contributed by atoms with Gasteiger partial charge in [0.1, 0.15) is 5.75 Å². The van der Waals surface area contributed by atoms with Gasteiger partial charge < -0.3 is 5.11 Å². The van der Waals surface area contributed by atoms with Crippen LogP contribution in [0.1, 0.15) is 74.8 Å². The number of carbonyl (C=O) groups is 2. The molecule has 5 heteroatoms. The van der Waals surface area contributed by atoms with E-state index in [0.29, 0.717) is 24.3 Å². The van der Waals surface area contributed by atoms with Crippen LogP contribution in [0.4, 0.5) is 0 Å². The molecule has 0 spiro atoms. The van der Waals surface area contributed by atoms with Crippen molar-refractivity contribution in [2.45, 2.75) is 76.2 Å². The van der Waals surface area contributed by atoms with E-state index < -0.39 is 0 Å². The van der Waals surface area contributed by atoms with Crippen LogP contribution in [0.3, 0.4) is 0 Å². The van der Waals surface area contributed by atoms with Crippen LogP contribution in [0.2, 0.25) is 0 Å². The zero-order valence-corrected chi connectivity index (χ0v) is 17.9. The van der Waals surface area contributed by atoms with Crippen molar-refractivity contribution in [2.24, 2.45) is 11.8 Å². The number of imide groups is 1. The van der Waals surface area contributed by atoms with Crippen molar-refractivity contribution >= 4 is 11.8 Å². The third-order valence-corrected chi connectivity index (χ3v) is 8.20. The highest BCUT2D eigenvalue weighted by Gasteiger charge is 2.47. The number of hydrogen-bond acceptors (Lipinski definition) is 4. The van der Waals surface area contributed by atoms with Gasteiger partial charge in [-0.2, -0.15) is 0 Å². The number of fused-ring (bicyclic) bond motifs is 4. The van der Waals surface area contributed by atoms with Crippen molar-refractivity contribution in [1.29, 1.82) is 0 Å². The van der Waals surface area contributed by atoms with Crippen LogP contribution >= 0.6 is 0 Å². The molecule has 2 aliphatic carbocycles. The van der Waals surface area contributed by atoms with E-state index in [1.54, 1.807) is 4.90 Å². The molecular formula is C25H34N2O3. The van der Waals surface area contributed by atoms with Crippen molar-refractivity contribution in [1.82, 2.24) is 9.80 Å². The van der Waals surface area contributed by atoms with E-state index >= 15 is 0 Å². The first-order chi connectivity index (χ1) is 14.6. The summed E-state index contributed by atoms with van der Waals surface area (Å²) in [6.07, 6.45) is 10.4. The molecule has 30 heavy (non-hydrogen) atoms. The van der Waals surface area contributed by atoms with Crippen LogP contribution < -0.4 is 0 Å². The van der Waals surface area contributed by atoms with Crippen molar-refractivity contribution in [2.75, 3.05) is 19.6 Å². The molecule has 2 amide bonds. The Hall–Kier alpha value is -1.88. The summed E-state index contributed by atoms with van der Waals surface area (Å²) in [5.74, 6) is 1.22. The third-order valence-electron chi connectivity index (χ3n) is 8.20. The Morgan fingerprint density at radius 1 is 0.867 bits per heavy atom. The Bertz CT molecular complexity index is 799. The lowest BCUT2D eigenvalue weighted by molar-refractivity contribution is -0.139. The summed E-state index contributed by atoms with van der Waals surface area (Å²) in [5.41, 5.74) is 2.53. The summed E-state index contributed by atoms with van der Waals surface area (Å²) in [4.78, 5) is 29.4. The van der Waals surface area contributed by atoms with E-state index in [0.717, 1.165) is 70.9 Å². The second-order valence-corrected chi connectivity index (χ2v) is 9.77. The minimum Gasteiger partial charge on any atom is -0.508 e. The number of likely N-dealkylation sites (tertiary alicyclic amines) is 2. The van der Waals surface area contributed by atoms with E-state index in [1.165, 1.54) is 17.5 Å². The number of amides is 2. The molecule has 5 nitrogen and oxygen atoms in total. The zero-order chi connectivity index (χ0) is 20.7. The minimum atomic E-state index is -0.0126. The van der Waals surface area contributed by atoms with Crippen LogP contribution in [0.15, 0.2) is 18.2 Å². The number of benzene rings is 1. The number of nitrogens with zero attached hydrogens (tertiary/aromatic N) is 2. The van der Waals surface area contributed by atoms with Gasteiger partial charge in [0.15, 0.2) is 0 Å². The molecule has 1 saturated carbocycles. The van der Waals surface area contributed by atoms with Crippen LogP contribution in [0.25, 0.3) is 0 Å². The SMILES string of the molecule is O=C1C2CCCCC2C(=O)N1CCCCCN1CCC2c3cccc(O)c3CCC21. The summed E-state index contributed by atoms with van der Waals surface area (Å²) in [6.45, 7) is 2.85. The van der Waals surface area contributed by atoms with Gasteiger partial charge in [-0.15, -0.1) is 0 Å². The molecule has 4 atom stereocenters. The molecular weight excluding hydrogens is 376 g/mol. The Morgan fingerprint density at radius 2 is 1.60 bits per heavy atom. The predicted octanol–water partition coefficient (Wildman–Crippen LogP) is 3.84. The Kier molecular flexibility index (Phi) is 5.57. The summed E-state index contributed by atoms with van der Waals surface area (Å²) in [7, 11) is 0. The largest absolute Gasteiger partial charge is 0.508 e. The van der Waals surface area contributed by atoms with Gasteiger partial charge in [-0.3, -0.25) is 19.4 Å². The molecule has 1 aromatic rings. The first-order valence-electron chi connectivity index (χ1n) is 12.0. The van der Waals surface area contributed by atoms with Crippen LogP contribution in [0, 0.1) is 11.8 Å². The molecule has 2 aliphatic heterocycles. The van der Waals surface area contributed by atoms with Gasteiger partial charge in [-0.25, -0.2) is 0 Å². The maximum atomic E-state index is 12.6. The van der Waals surface area contributed by atoms with Crippen LogP contribution in [-0.2, 0) is 16.0 Å². The fourth-order valence-electron chi connectivity index (χ4n) is 6.66. The number of hydrogen-bond donors (Lipinski definition) is 1. The second-order valence-electron chi connectivity index (χ2n) is 9.77. The van der Waals surface area contributed by atoms with Crippen molar-refractivity contribution < 1.29 is 14.7 Å². The number of phenolic OH excluding ortho intramolecular Hbond substituents is 1. The third kappa shape index (κ3) is 3.45. The fraction of sp³-hybridized carbons (Fsp3) is 0.680. The first kappa shape index (κ1) is 20.0. The van der Waals surface area contributed by atoms with Gasteiger partial charge in [0.2, 0.25) is 11.8 Å². The molecule has 0 radical (unpaired) electrons. The van der Waals surface area contributed by atoms with Crippen molar-refractivity contribution in [3.63, 3.8) is 0 Å². The van der Waals surface area contributed by atoms with Gasteiger partial charge >= 0.3 is 0 Å². The topological polar surface area (TPSA) is 60.9 Å². The minimum absolute atomic E-state index is 0.0126. The monoisotopic (exact) mass is 410 g/mol. The Balaban J connectivity index is 1.09. The molecule has 0 aromatic heterocycles. The highest BCUT2D eigenvalue weighted by atomic mass is 16.3. The lowest BCUT2D eigenvalue weighted by atomic mass is 9.79. The molecule has 4 aliphatic rings. The highest BCUT2D eigenvalue weighted by Crippen LogP contribution is 2.44. The number of aromatic hydroxyl groups is 1. The number of unbranched alkanes of at least 4 members (excludes halogenated alkanes) is 2. The van der Waals surface area contributed by atoms with Gasteiger partial charge in [0.25, 0.3) is 0 Å². The Labute approximate surface area is 179 Å². The fourth-order valence-corrected chi connectivity index (χ4v) is 6.66. The summed E-state index contributed by atoms with van der Waals surface area (Å²) >= 11 is 0. The van der Waals surface area contributed by atoms with Gasteiger partial charge in [0, 0.05) is 18.5 Å². The van der Waals surface area contributed by atoms with Crippen LogP contribution in [-0.4, -0.2) is 52.4 Å². The smallest absolute Gasteiger partial charge is 0.233 e. The Morgan fingerprint density at radius 3 is 2.37 bits per heavy atom. The van der Waals surface area contributed by atoms with Crippen molar-refractivity contribution in [3.05, 3.63) is 29.3 Å². The lowest BCUT2D eigenvalue weighted by Gasteiger charge is -2.33. The van der Waals surface area contributed by atoms with E-state index in [4.69, 9.17) is 0 Å². The normalized spacial score (nSPS) is 31.0. The van der Waals surface area contributed by atoms with Gasteiger partial charge in [0.05, 0.1) is 11.8 Å². The maximum absolute atomic E-state index is 12.6. The molecule has 4 unspecified atom stereocenters. The summed E-state index contributed by atoms with van der Waals surface area (Å²) in [6, 6.07) is 6.61. The van der Waals surface area contributed by atoms with E-state index in [2.05, 4.69) is 11.0 Å². The van der Waals surface area contributed by atoms with E-state index in [-0.39, 0.29) is 23.7 Å². The number of phenols is 1. The second kappa shape index (κ2) is 8.33. The molecule has 1 aromatic carbocycles. The molecule has 162 valence electrons. The van der Waals surface area contributed by atoms with E-state index in [1.807, 2.05) is 12.1 Å². The molecule has 3 fully saturated rings. The molecule has 1 N–H and O–H groups in total. The molecule has 0 bridgehead atoms. The summed E-state index contributed by atoms with van der Waals surface area (Å²) in [5, 5.41) is 10.2. The van der Waals surface area contributed by atoms with Crippen molar-refractivity contribution in [3.8, 4) is 5.75 Å². The number of rotatable bonds is 6. The quantitative estimate of drug-likeness (QED) is 0.572. The maximum Gasteiger partial charge on any atom is 0.233 e. The average molecular weight is 411 g/mol. The zero-order valence-electron chi connectivity index (χ0n) is 17.9. The van der Waals surface area contributed by atoms with Gasteiger partial charge in [-0.05, 0) is 75.2 Å². The lowest BCUT2D eigenvalue weighted by Crippen LogP contribution is -2.36. The molecule has 2 saturated heterocycles. The highest BCUT2D eigenvalue weighted by molar-refractivity contribution is 6.05. The summed E-state index contributed by atoms with van der Waals surface area (Å²) < 4.78 is 0.